The summed E-state index contributed by atoms with van der Waals surface area (Å²) in [7, 11) is 0. The molecule has 2 aromatic carbocycles. The predicted octanol–water partition coefficient (Wildman–Crippen LogP) is 3.28. The molecular formula is C20H25N3O. The van der Waals surface area contributed by atoms with Gasteiger partial charge in [0, 0.05) is 32.7 Å². The van der Waals surface area contributed by atoms with E-state index in [0.29, 0.717) is 0 Å². The second-order valence-corrected chi connectivity index (χ2v) is 6.33. The normalized spacial score (nSPS) is 16.6. The van der Waals surface area contributed by atoms with E-state index < -0.39 is 0 Å². The van der Waals surface area contributed by atoms with Gasteiger partial charge in [-0.2, -0.15) is 0 Å². The molecule has 126 valence electrons. The van der Waals surface area contributed by atoms with E-state index in [4.69, 9.17) is 0 Å². The summed E-state index contributed by atoms with van der Waals surface area (Å²) in [5.41, 5.74) is 2.46. The Morgan fingerprint density at radius 1 is 0.958 bits per heavy atom. The quantitative estimate of drug-likeness (QED) is 0.937. The van der Waals surface area contributed by atoms with Crippen LogP contribution in [0.25, 0.3) is 0 Å². The number of piperazine rings is 1. The van der Waals surface area contributed by atoms with Gasteiger partial charge in [-0.3, -0.25) is 4.90 Å². The fraction of sp³-hybridized carbons (Fsp3) is 0.350. The second kappa shape index (κ2) is 7.97. The lowest BCUT2D eigenvalue weighted by molar-refractivity contribution is 0.133. The summed E-state index contributed by atoms with van der Waals surface area (Å²) in [6.07, 6.45) is 0. The van der Waals surface area contributed by atoms with E-state index in [0.717, 1.165) is 38.3 Å². The first-order valence-corrected chi connectivity index (χ1v) is 8.59. The molecule has 0 spiro atoms. The van der Waals surface area contributed by atoms with E-state index >= 15 is 0 Å². The van der Waals surface area contributed by atoms with E-state index in [9.17, 15) is 4.79 Å². The van der Waals surface area contributed by atoms with Crippen LogP contribution in [-0.4, -0.2) is 42.0 Å². The Morgan fingerprint density at radius 3 is 2.17 bits per heavy atom. The minimum Gasteiger partial charge on any atom is -0.331 e. The maximum absolute atomic E-state index is 12.4. The molecule has 4 nitrogen and oxygen atoms in total. The number of rotatable bonds is 4. The van der Waals surface area contributed by atoms with E-state index in [-0.39, 0.29) is 12.1 Å². The van der Waals surface area contributed by atoms with E-state index in [1.165, 1.54) is 5.56 Å². The van der Waals surface area contributed by atoms with Gasteiger partial charge in [0.15, 0.2) is 0 Å². The van der Waals surface area contributed by atoms with Gasteiger partial charge >= 0.3 is 6.03 Å². The first-order valence-electron chi connectivity index (χ1n) is 8.59. The van der Waals surface area contributed by atoms with Crippen molar-refractivity contribution in [1.29, 1.82) is 0 Å². The van der Waals surface area contributed by atoms with Crippen molar-refractivity contribution in [3.8, 4) is 0 Å². The number of carbonyl (C=O) groups excluding carboxylic acids is 1. The average molecular weight is 323 g/mol. The molecule has 1 fully saturated rings. The van der Waals surface area contributed by atoms with Gasteiger partial charge in [-0.05, 0) is 18.1 Å². The monoisotopic (exact) mass is 323 g/mol. The zero-order valence-corrected chi connectivity index (χ0v) is 14.2. The fourth-order valence-electron chi connectivity index (χ4n) is 3.05. The lowest BCUT2D eigenvalue weighted by Crippen LogP contribution is -2.51. The Labute approximate surface area is 144 Å². The number of carbonyl (C=O) groups is 1. The van der Waals surface area contributed by atoms with Gasteiger partial charge < -0.3 is 10.2 Å². The molecule has 2 amide bonds. The molecule has 2 aromatic rings. The molecule has 3 rings (SSSR count). The molecule has 0 saturated carbocycles. The van der Waals surface area contributed by atoms with Crippen LogP contribution in [0.15, 0.2) is 60.7 Å². The summed E-state index contributed by atoms with van der Waals surface area (Å²) >= 11 is 0. The number of nitrogens with one attached hydrogen (secondary N) is 1. The van der Waals surface area contributed by atoms with Crippen LogP contribution in [-0.2, 0) is 6.54 Å². The molecule has 1 heterocycles. The van der Waals surface area contributed by atoms with Gasteiger partial charge in [0.1, 0.15) is 0 Å². The highest BCUT2D eigenvalue weighted by molar-refractivity contribution is 5.74. The fourth-order valence-corrected chi connectivity index (χ4v) is 3.05. The van der Waals surface area contributed by atoms with Crippen LogP contribution in [0.5, 0.6) is 0 Å². The molecule has 1 saturated heterocycles. The first kappa shape index (κ1) is 16.5. The Bertz CT molecular complexity index is 636. The molecule has 1 atom stereocenters. The van der Waals surface area contributed by atoms with Crippen molar-refractivity contribution in [2.75, 3.05) is 26.2 Å². The van der Waals surface area contributed by atoms with Crippen molar-refractivity contribution < 1.29 is 4.79 Å². The van der Waals surface area contributed by atoms with Crippen LogP contribution < -0.4 is 5.32 Å². The SMILES string of the molecule is CC(NC(=O)N1CCN(Cc2ccccc2)CC1)c1ccccc1. The minimum absolute atomic E-state index is 0.0287. The summed E-state index contributed by atoms with van der Waals surface area (Å²) in [6.45, 7) is 6.38. The van der Waals surface area contributed by atoms with Crippen LogP contribution in [0.4, 0.5) is 4.79 Å². The van der Waals surface area contributed by atoms with E-state index in [2.05, 4.69) is 34.5 Å². The summed E-state index contributed by atoms with van der Waals surface area (Å²) < 4.78 is 0. The standard InChI is InChI=1S/C20H25N3O/c1-17(19-10-6-3-7-11-19)21-20(24)23-14-12-22(13-15-23)16-18-8-4-2-5-9-18/h2-11,17H,12-16H2,1H3,(H,21,24). The van der Waals surface area contributed by atoms with Crippen molar-refractivity contribution in [2.45, 2.75) is 19.5 Å². The van der Waals surface area contributed by atoms with Crippen molar-refractivity contribution in [1.82, 2.24) is 15.1 Å². The lowest BCUT2D eigenvalue weighted by atomic mass is 10.1. The topological polar surface area (TPSA) is 35.6 Å². The molecule has 0 aromatic heterocycles. The molecule has 0 bridgehead atoms. The molecule has 1 N–H and O–H groups in total. The van der Waals surface area contributed by atoms with Crippen molar-refractivity contribution in [3.63, 3.8) is 0 Å². The minimum atomic E-state index is 0.0287. The second-order valence-electron chi connectivity index (χ2n) is 6.33. The number of hydrogen-bond donors (Lipinski definition) is 1. The van der Waals surface area contributed by atoms with Crippen molar-refractivity contribution in [2.24, 2.45) is 0 Å². The zero-order valence-electron chi connectivity index (χ0n) is 14.2. The highest BCUT2D eigenvalue weighted by atomic mass is 16.2. The Morgan fingerprint density at radius 2 is 1.54 bits per heavy atom. The van der Waals surface area contributed by atoms with Crippen LogP contribution in [0.2, 0.25) is 0 Å². The molecular weight excluding hydrogens is 298 g/mol. The highest BCUT2D eigenvalue weighted by Gasteiger charge is 2.22. The molecule has 0 radical (unpaired) electrons. The number of benzene rings is 2. The first-order chi connectivity index (χ1) is 11.7. The lowest BCUT2D eigenvalue weighted by Gasteiger charge is -2.35. The molecule has 0 aliphatic carbocycles. The van der Waals surface area contributed by atoms with Crippen molar-refractivity contribution >= 4 is 6.03 Å². The van der Waals surface area contributed by atoms with E-state index in [1.807, 2.05) is 48.2 Å². The molecule has 1 aliphatic heterocycles. The van der Waals surface area contributed by atoms with Crippen LogP contribution in [0.1, 0.15) is 24.1 Å². The largest absolute Gasteiger partial charge is 0.331 e. The smallest absolute Gasteiger partial charge is 0.317 e. The van der Waals surface area contributed by atoms with Gasteiger partial charge in [-0.25, -0.2) is 4.79 Å². The summed E-state index contributed by atoms with van der Waals surface area (Å²) in [5.74, 6) is 0. The Hall–Kier alpha value is -2.33. The van der Waals surface area contributed by atoms with Gasteiger partial charge in [-0.1, -0.05) is 60.7 Å². The molecule has 1 aliphatic rings. The van der Waals surface area contributed by atoms with Crippen LogP contribution in [0.3, 0.4) is 0 Å². The van der Waals surface area contributed by atoms with Gasteiger partial charge in [0.05, 0.1) is 6.04 Å². The Kier molecular flexibility index (Phi) is 5.49. The number of urea groups is 1. The Balaban J connectivity index is 1.47. The average Bonchev–Trinajstić information content (AvgIpc) is 2.64. The van der Waals surface area contributed by atoms with E-state index in [1.54, 1.807) is 0 Å². The van der Waals surface area contributed by atoms with Gasteiger partial charge in [0.2, 0.25) is 0 Å². The van der Waals surface area contributed by atoms with Gasteiger partial charge in [-0.15, -0.1) is 0 Å². The third kappa shape index (κ3) is 4.36. The third-order valence-corrected chi connectivity index (χ3v) is 4.55. The number of nitrogens with zero attached hydrogens (tertiary/aromatic N) is 2. The maximum Gasteiger partial charge on any atom is 0.317 e. The molecule has 24 heavy (non-hydrogen) atoms. The third-order valence-electron chi connectivity index (χ3n) is 4.55. The summed E-state index contributed by atoms with van der Waals surface area (Å²) in [4.78, 5) is 16.8. The summed E-state index contributed by atoms with van der Waals surface area (Å²) in [6, 6.07) is 20.6. The highest BCUT2D eigenvalue weighted by Crippen LogP contribution is 2.13. The zero-order chi connectivity index (χ0) is 16.8. The van der Waals surface area contributed by atoms with Gasteiger partial charge in [0.25, 0.3) is 0 Å². The number of amides is 2. The van der Waals surface area contributed by atoms with Crippen molar-refractivity contribution in [3.05, 3.63) is 71.8 Å². The molecule has 4 heteroatoms. The maximum atomic E-state index is 12.4. The summed E-state index contributed by atoms with van der Waals surface area (Å²) in [5, 5.41) is 3.10. The van der Waals surface area contributed by atoms with Crippen LogP contribution >= 0.6 is 0 Å². The van der Waals surface area contributed by atoms with Crippen LogP contribution in [0, 0.1) is 0 Å². The molecule has 1 unspecified atom stereocenters. The number of hydrogen-bond acceptors (Lipinski definition) is 2. The predicted molar refractivity (Wildman–Crippen MR) is 96.7 cm³/mol.